The molecule has 8 heteroatoms. The van der Waals surface area contributed by atoms with Crippen LogP contribution in [0.2, 0.25) is 5.02 Å². The molecule has 0 heterocycles. The number of hydrogen-bond donors (Lipinski definition) is 0. The van der Waals surface area contributed by atoms with Crippen LogP contribution in [0.15, 0.2) is 18.2 Å². The van der Waals surface area contributed by atoms with Crippen LogP contribution in [-0.4, -0.2) is 30.3 Å². The molecular formula is C19H22ClF3O4. The number of hydrogen-bond acceptors (Lipinski definition) is 4. The van der Waals surface area contributed by atoms with Crippen LogP contribution in [0.3, 0.4) is 0 Å². The Morgan fingerprint density at radius 1 is 1.26 bits per heavy atom. The standard InChI is InChI=1S/C19H22ClF3O4/c1-3-26-17(25)18(9-7-13(8-10-18)19(21,22)23)27-16(24)11-14-12(2)5-4-6-15(14)20/h4-6,13H,3,7-11H2,1-2H3. The molecule has 1 aromatic carbocycles. The third kappa shape index (κ3) is 5.15. The van der Waals surface area contributed by atoms with E-state index in [4.69, 9.17) is 21.1 Å². The molecule has 0 saturated heterocycles. The van der Waals surface area contributed by atoms with Gasteiger partial charge in [0.2, 0.25) is 5.60 Å². The van der Waals surface area contributed by atoms with Crippen molar-refractivity contribution >= 4 is 23.5 Å². The maximum absolute atomic E-state index is 12.9. The highest BCUT2D eigenvalue weighted by molar-refractivity contribution is 6.31. The molecule has 2 rings (SSSR count). The van der Waals surface area contributed by atoms with Crippen molar-refractivity contribution in [2.45, 2.75) is 57.7 Å². The predicted molar refractivity (Wildman–Crippen MR) is 93.4 cm³/mol. The Labute approximate surface area is 161 Å². The molecule has 0 atom stereocenters. The number of carbonyl (C=O) groups excluding carboxylic acids is 2. The van der Waals surface area contributed by atoms with Gasteiger partial charge in [-0.05, 0) is 56.7 Å². The first-order chi connectivity index (χ1) is 12.6. The molecule has 0 aromatic heterocycles. The summed E-state index contributed by atoms with van der Waals surface area (Å²) in [5.41, 5.74) is -0.332. The van der Waals surface area contributed by atoms with Gasteiger partial charge >= 0.3 is 18.1 Å². The lowest BCUT2D eigenvalue weighted by Gasteiger charge is -2.37. The molecule has 1 aliphatic carbocycles. The maximum Gasteiger partial charge on any atom is 0.391 e. The summed E-state index contributed by atoms with van der Waals surface area (Å²) in [6.45, 7) is 3.41. The molecule has 0 aliphatic heterocycles. The molecule has 0 radical (unpaired) electrons. The smallest absolute Gasteiger partial charge is 0.391 e. The lowest BCUT2D eigenvalue weighted by atomic mass is 9.78. The van der Waals surface area contributed by atoms with Crippen molar-refractivity contribution in [3.8, 4) is 0 Å². The third-order valence-corrected chi connectivity index (χ3v) is 5.24. The molecule has 0 bridgehead atoms. The van der Waals surface area contributed by atoms with Gasteiger partial charge in [-0.1, -0.05) is 23.7 Å². The summed E-state index contributed by atoms with van der Waals surface area (Å²) in [7, 11) is 0. The first-order valence-corrected chi connectivity index (χ1v) is 9.16. The van der Waals surface area contributed by atoms with Crippen molar-refractivity contribution in [2.75, 3.05) is 6.61 Å². The van der Waals surface area contributed by atoms with Crippen molar-refractivity contribution in [3.63, 3.8) is 0 Å². The molecule has 150 valence electrons. The fraction of sp³-hybridized carbons (Fsp3) is 0.579. The van der Waals surface area contributed by atoms with Gasteiger partial charge in [-0.15, -0.1) is 0 Å². The van der Waals surface area contributed by atoms with E-state index in [1.165, 1.54) is 0 Å². The van der Waals surface area contributed by atoms with Gasteiger partial charge in [0, 0.05) is 5.02 Å². The van der Waals surface area contributed by atoms with Crippen molar-refractivity contribution < 1.29 is 32.2 Å². The molecule has 1 saturated carbocycles. The highest BCUT2D eigenvalue weighted by atomic mass is 35.5. The number of halogens is 4. The van der Waals surface area contributed by atoms with E-state index >= 15 is 0 Å². The highest BCUT2D eigenvalue weighted by Gasteiger charge is 2.52. The lowest BCUT2D eigenvalue weighted by Crippen LogP contribution is -2.49. The zero-order valence-corrected chi connectivity index (χ0v) is 16.0. The third-order valence-electron chi connectivity index (χ3n) is 4.89. The maximum atomic E-state index is 12.9. The Morgan fingerprint density at radius 3 is 2.41 bits per heavy atom. The number of benzene rings is 1. The second kappa shape index (κ2) is 8.50. The first-order valence-electron chi connectivity index (χ1n) is 8.79. The number of aryl methyl sites for hydroxylation is 1. The highest BCUT2D eigenvalue weighted by Crippen LogP contribution is 2.43. The largest absolute Gasteiger partial charge is 0.463 e. The van der Waals surface area contributed by atoms with E-state index in [-0.39, 0.29) is 38.7 Å². The summed E-state index contributed by atoms with van der Waals surface area (Å²) in [6, 6.07) is 5.15. The fourth-order valence-corrected chi connectivity index (χ4v) is 3.60. The van der Waals surface area contributed by atoms with Crippen molar-refractivity contribution in [1.82, 2.24) is 0 Å². The average molecular weight is 407 g/mol. The SMILES string of the molecule is CCOC(=O)C1(OC(=O)Cc2c(C)cccc2Cl)CCC(C(F)(F)F)CC1. The van der Waals surface area contributed by atoms with E-state index in [9.17, 15) is 22.8 Å². The molecule has 4 nitrogen and oxygen atoms in total. The van der Waals surface area contributed by atoms with Crippen LogP contribution in [0.1, 0.15) is 43.7 Å². The minimum absolute atomic E-state index is 0.0461. The van der Waals surface area contributed by atoms with E-state index in [1.807, 2.05) is 0 Å². The normalized spacial score (nSPS) is 23.0. The van der Waals surface area contributed by atoms with Gasteiger partial charge in [0.05, 0.1) is 18.9 Å². The molecule has 1 aliphatic rings. The Morgan fingerprint density at radius 2 is 1.89 bits per heavy atom. The van der Waals surface area contributed by atoms with Crippen LogP contribution in [0.4, 0.5) is 13.2 Å². The zero-order valence-electron chi connectivity index (χ0n) is 15.2. The van der Waals surface area contributed by atoms with Crippen LogP contribution < -0.4 is 0 Å². The molecule has 0 amide bonds. The summed E-state index contributed by atoms with van der Waals surface area (Å²) in [5, 5.41) is 0.387. The van der Waals surface area contributed by atoms with Gasteiger partial charge in [-0.3, -0.25) is 4.79 Å². The van der Waals surface area contributed by atoms with Gasteiger partial charge in [-0.2, -0.15) is 13.2 Å². The topological polar surface area (TPSA) is 52.6 Å². The first kappa shape index (κ1) is 21.5. The molecule has 1 aromatic rings. The number of alkyl halides is 3. The van der Waals surface area contributed by atoms with Crippen LogP contribution in [0, 0.1) is 12.8 Å². The summed E-state index contributed by atoms with van der Waals surface area (Å²) >= 11 is 6.11. The summed E-state index contributed by atoms with van der Waals surface area (Å²) < 4.78 is 49.2. The Bertz CT molecular complexity index is 674. The zero-order chi connectivity index (χ0) is 20.2. The average Bonchev–Trinajstić information content (AvgIpc) is 2.58. The Hall–Kier alpha value is -1.76. The molecular weight excluding hydrogens is 385 g/mol. The van der Waals surface area contributed by atoms with Crippen LogP contribution in [0.25, 0.3) is 0 Å². The fourth-order valence-electron chi connectivity index (χ4n) is 3.31. The quantitative estimate of drug-likeness (QED) is 0.660. The van der Waals surface area contributed by atoms with Gasteiger partial charge in [0.15, 0.2) is 0 Å². The predicted octanol–water partition coefficient (Wildman–Crippen LogP) is 4.79. The van der Waals surface area contributed by atoms with Crippen molar-refractivity contribution in [1.29, 1.82) is 0 Å². The number of carbonyl (C=O) groups is 2. The second-order valence-corrected chi connectivity index (χ2v) is 7.12. The second-order valence-electron chi connectivity index (χ2n) is 6.72. The summed E-state index contributed by atoms with van der Waals surface area (Å²) in [5.74, 6) is -3.02. The van der Waals surface area contributed by atoms with Crippen LogP contribution in [0.5, 0.6) is 0 Å². The minimum atomic E-state index is -4.33. The van der Waals surface area contributed by atoms with E-state index < -0.39 is 29.6 Å². The van der Waals surface area contributed by atoms with E-state index in [1.54, 1.807) is 32.0 Å². The van der Waals surface area contributed by atoms with Gasteiger partial charge in [-0.25, -0.2) is 4.79 Å². The Kier molecular flexibility index (Phi) is 6.78. The Balaban J connectivity index is 2.16. The van der Waals surface area contributed by atoms with Gasteiger partial charge in [0.1, 0.15) is 0 Å². The van der Waals surface area contributed by atoms with Gasteiger partial charge < -0.3 is 9.47 Å². The van der Waals surface area contributed by atoms with Crippen molar-refractivity contribution in [3.05, 3.63) is 34.3 Å². The summed E-state index contributed by atoms with van der Waals surface area (Å²) in [4.78, 5) is 24.9. The van der Waals surface area contributed by atoms with Crippen LogP contribution >= 0.6 is 11.6 Å². The summed E-state index contributed by atoms with van der Waals surface area (Å²) in [6.07, 6.45) is -5.52. The van der Waals surface area contributed by atoms with E-state index in [0.717, 1.165) is 5.56 Å². The molecule has 0 N–H and O–H groups in total. The monoisotopic (exact) mass is 406 g/mol. The van der Waals surface area contributed by atoms with E-state index in [2.05, 4.69) is 0 Å². The minimum Gasteiger partial charge on any atom is -0.463 e. The van der Waals surface area contributed by atoms with Crippen molar-refractivity contribution in [2.24, 2.45) is 5.92 Å². The molecule has 0 spiro atoms. The van der Waals surface area contributed by atoms with Gasteiger partial charge in [0.25, 0.3) is 0 Å². The number of ether oxygens (including phenoxy) is 2. The number of rotatable bonds is 5. The molecule has 0 unspecified atom stereocenters. The molecule has 1 fully saturated rings. The number of esters is 2. The molecule has 27 heavy (non-hydrogen) atoms. The van der Waals surface area contributed by atoms with E-state index in [0.29, 0.717) is 10.6 Å². The lowest BCUT2D eigenvalue weighted by molar-refractivity contribution is -0.207. The van der Waals surface area contributed by atoms with Crippen LogP contribution in [-0.2, 0) is 25.5 Å².